The van der Waals surface area contributed by atoms with Crippen molar-refractivity contribution in [2.45, 2.75) is 39.3 Å². The molecule has 0 aromatic carbocycles. The maximum atomic E-state index is 12.3. The molecule has 2 atom stereocenters. The maximum Gasteiger partial charge on any atom is 0.394 e. The van der Waals surface area contributed by atoms with Crippen molar-refractivity contribution in [3.05, 3.63) is 0 Å². The molecular formula is C8H13F3. The molecule has 0 heterocycles. The van der Waals surface area contributed by atoms with Gasteiger partial charge in [-0.05, 0) is 25.2 Å². The topological polar surface area (TPSA) is 0 Å². The lowest BCUT2D eigenvalue weighted by Crippen LogP contribution is -2.32. The largest absolute Gasteiger partial charge is 0.394 e. The lowest BCUT2D eigenvalue weighted by molar-refractivity contribution is -0.216. The van der Waals surface area contributed by atoms with Crippen molar-refractivity contribution < 1.29 is 13.2 Å². The van der Waals surface area contributed by atoms with E-state index in [2.05, 4.69) is 0 Å². The highest BCUT2D eigenvalue weighted by Crippen LogP contribution is 2.51. The fraction of sp³-hybridized carbons (Fsp3) is 1.00. The molecule has 0 amide bonds. The summed E-state index contributed by atoms with van der Waals surface area (Å²) < 4.78 is 37.0. The van der Waals surface area contributed by atoms with Crippen molar-refractivity contribution in [1.82, 2.24) is 0 Å². The zero-order chi connectivity index (χ0) is 8.70. The van der Waals surface area contributed by atoms with Crippen LogP contribution < -0.4 is 0 Å². The second-order valence-electron chi connectivity index (χ2n) is 3.91. The number of hydrogen-bond donors (Lipinski definition) is 0. The van der Waals surface area contributed by atoms with Crippen molar-refractivity contribution in [3.63, 3.8) is 0 Å². The van der Waals surface area contributed by atoms with E-state index in [9.17, 15) is 13.2 Å². The highest BCUT2D eigenvalue weighted by Gasteiger charge is 2.53. The average molecular weight is 166 g/mol. The molecule has 0 aromatic heterocycles. The summed E-state index contributed by atoms with van der Waals surface area (Å²) in [5, 5.41) is 0. The zero-order valence-electron chi connectivity index (χ0n) is 6.83. The Morgan fingerprint density at radius 2 is 1.91 bits per heavy atom. The molecule has 0 radical (unpaired) electrons. The molecule has 0 saturated heterocycles. The third-order valence-corrected chi connectivity index (χ3v) is 2.67. The van der Waals surface area contributed by atoms with E-state index in [1.54, 1.807) is 0 Å². The first-order valence-electron chi connectivity index (χ1n) is 3.92. The molecule has 0 aliphatic heterocycles. The van der Waals surface area contributed by atoms with Gasteiger partial charge in [0.25, 0.3) is 0 Å². The van der Waals surface area contributed by atoms with Crippen LogP contribution in [0.15, 0.2) is 0 Å². The molecule has 1 saturated carbocycles. The molecule has 1 aliphatic rings. The minimum absolute atomic E-state index is 0.238. The molecule has 0 N–H and O–H groups in total. The van der Waals surface area contributed by atoms with Gasteiger partial charge < -0.3 is 0 Å². The van der Waals surface area contributed by atoms with Crippen LogP contribution in [-0.2, 0) is 0 Å². The van der Waals surface area contributed by atoms with Gasteiger partial charge in [-0.1, -0.05) is 13.8 Å². The van der Waals surface area contributed by atoms with E-state index in [-0.39, 0.29) is 5.92 Å². The Labute approximate surface area is 64.8 Å². The van der Waals surface area contributed by atoms with E-state index in [4.69, 9.17) is 0 Å². The van der Waals surface area contributed by atoms with Gasteiger partial charge in [0.1, 0.15) is 0 Å². The van der Waals surface area contributed by atoms with Crippen LogP contribution in [0, 0.1) is 11.3 Å². The maximum absolute atomic E-state index is 12.3. The summed E-state index contributed by atoms with van der Waals surface area (Å²) >= 11 is 0. The van der Waals surface area contributed by atoms with Gasteiger partial charge in [0, 0.05) is 0 Å². The van der Waals surface area contributed by atoms with Crippen molar-refractivity contribution in [2.24, 2.45) is 11.3 Å². The van der Waals surface area contributed by atoms with Crippen molar-refractivity contribution >= 4 is 0 Å². The van der Waals surface area contributed by atoms with Gasteiger partial charge in [0.05, 0.1) is 5.41 Å². The number of halogens is 3. The minimum atomic E-state index is -4.00. The lowest BCUT2D eigenvalue weighted by atomic mass is 9.87. The monoisotopic (exact) mass is 166 g/mol. The highest BCUT2D eigenvalue weighted by atomic mass is 19.4. The Kier molecular flexibility index (Phi) is 1.93. The van der Waals surface area contributed by atoms with Gasteiger partial charge in [-0.25, -0.2) is 0 Å². The van der Waals surface area contributed by atoms with E-state index in [1.807, 2.05) is 6.92 Å². The van der Waals surface area contributed by atoms with E-state index in [1.165, 1.54) is 6.92 Å². The summed E-state index contributed by atoms with van der Waals surface area (Å²) in [7, 11) is 0. The molecule has 1 aliphatic carbocycles. The molecule has 0 bridgehead atoms. The molecule has 1 fully saturated rings. The van der Waals surface area contributed by atoms with Crippen molar-refractivity contribution in [1.29, 1.82) is 0 Å². The van der Waals surface area contributed by atoms with Crippen LogP contribution in [0.2, 0.25) is 0 Å². The molecule has 11 heavy (non-hydrogen) atoms. The molecule has 2 unspecified atom stereocenters. The number of hydrogen-bond acceptors (Lipinski definition) is 0. The standard InChI is InChI=1S/C8H13F3/c1-6-3-4-7(2,5-6)8(9,10)11/h6H,3-5H2,1-2H3. The smallest absolute Gasteiger partial charge is 0.171 e. The summed E-state index contributed by atoms with van der Waals surface area (Å²) in [5.41, 5.74) is -1.40. The summed E-state index contributed by atoms with van der Waals surface area (Å²) in [4.78, 5) is 0. The number of rotatable bonds is 0. The van der Waals surface area contributed by atoms with E-state index < -0.39 is 11.6 Å². The van der Waals surface area contributed by atoms with Crippen LogP contribution in [0.25, 0.3) is 0 Å². The molecule has 0 spiro atoms. The third-order valence-electron chi connectivity index (χ3n) is 2.67. The molecule has 0 aromatic rings. The Morgan fingerprint density at radius 1 is 1.36 bits per heavy atom. The van der Waals surface area contributed by atoms with Crippen molar-refractivity contribution in [3.8, 4) is 0 Å². The van der Waals surface area contributed by atoms with E-state index in [0.717, 1.165) is 6.42 Å². The van der Waals surface area contributed by atoms with Gasteiger partial charge in [-0.2, -0.15) is 13.2 Å². The summed E-state index contributed by atoms with van der Waals surface area (Å²) in [5.74, 6) is 0.238. The SMILES string of the molecule is CC1CCC(C)(C(F)(F)F)C1. The summed E-state index contributed by atoms with van der Waals surface area (Å²) in [6.07, 6.45) is -2.68. The zero-order valence-corrected chi connectivity index (χ0v) is 6.83. The minimum Gasteiger partial charge on any atom is -0.171 e. The molecule has 3 heteroatoms. The Bertz CT molecular complexity index is 150. The van der Waals surface area contributed by atoms with Crippen LogP contribution in [0.3, 0.4) is 0 Å². The van der Waals surface area contributed by atoms with Gasteiger partial charge in [-0.15, -0.1) is 0 Å². The average Bonchev–Trinajstić information content (AvgIpc) is 2.10. The number of alkyl halides is 3. The van der Waals surface area contributed by atoms with Crippen LogP contribution in [0.5, 0.6) is 0 Å². The first-order chi connectivity index (χ1) is 4.85. The van der Waals surface area contributed by atoms with Crippen LogP contribution in [-0.4, -0.2) is 6.18 Å². The predicted octanol–water partition coefficient (Wildman–Crippen LogP) is 3.38. The Balaban J connectivity index is 2.69. The molecular weight excluding hydrogens is 153 g/mol. The second kappa shape index (κ2) is 2.39. The first kappa shape index (κ1) is 8.88. The molecule has 66 valence electrons. The third kappa shape index (κ3) is 1.52. The van der Waals surface area contributed by atoms with Crippen molar-refractivity contribution in [2.75, 3.05) is 0 Å². The first-order valence-corrected chi connectivity index (χ1v) is 3.92. The van der Waals surface area contributed by atoms with Gasteiger partial charge in [0.15, 0.2) is 0 Å². The second-order valence-corrected chi connectivity index (χ2v) is 3.91. The normalized spacial score (nSPS) is 39.5. The van der Waals surface area contributed by atoms with Gasteiger partial charge in [-0.3, -0.25) is 0 Å². The predicted molar refractivity (Wildman–Crippen MR) is 37.2 cm³/mol. The molecule has 0 nitrogen and oxygen atoms in total. The van der Waals surface area contributed by atoms with Crippen LogP contribution in [0.4, 0.5) is 13.2 Å². The fourth-order valence-electron chi connectivity index (χ4n) is 1.80. The van der Waals surface area contributed by atoms with E-state index in [0.29, 0.717) is 12.8 Å². The molecule has 1 rings (SSSR count). The summed E-state index contributed by atoms with van der Waals surface area (Å²) in [6.45, 7) is 3.22. The highest BCUT2D eigenvalue weighted by molar-refractivity contribution is 4.89. The van der Waals surface area contributed by atoms with Crippen LogP contribution in [0.1, 0.15) is 33.1 Å². The lowest BCUT2D eigenvalue weighted by Gasteiger charge is -2.26. The quantitative estimate of drug-likeness (QED) is 0.517. The van der Waals surface area contributed by atoms with E-state index >= 15 is 0 Å². The fourth-order valence-corrected chi connectivity index (χ4v) is 1.80. The Morgan fingerprint density at radius 3 is 2.09 bits per heavy atom. The summed E-state index contributed by atoms with van der Waals surface area (Å²) in [6, 6.07) is 0. The van der Waals surface area contributed by atoms with Crippen LogP contribution >= 0.6 is 0 Å². The van der Waals surface area contributed by atoms with Gasteiger partial charge >= 0.3 is 6.18 Å². The van der Waals surface area contributed by atoms with Gasteiger partial charge in [0.2, 0.25) is 0 Å². The Hall–Kier alpha value is -0.210.